The van der Waals surface area contributed by atoms with Gasteiger partial charge >= 0.3 is 0 Å². The fraction of sp³-hybridized carbons (Fsp3) is 1.00. The van der Waals surface area contributed by atoms with E-state index in [1.165, 1.54) is 58.3 Å². The van der Waals surface area contributed by atoms with E-state index in [-0.39, 0.29) is 0 Å². The first-order chi connectivity index (χ1) is 9.63. The molecule has 20 heavy (non-hydrogen) atoms. The first-order valence-corrected chi connectivity index (χ1v) is 8.55. The monoisotopic (exact) mass is 282 g/mol. The van der Waals surface area contributed by atoms with Crippen LogP contribution in [0.2, 0.25) is 0 Å². The topological polar surface area (TPSA) is 24.5 Å². The van der Waals surface area contributed by atoms with Crippen LogP contribution in [0.25, 0.3) is 0 Å². The Labute approximate surface area is 125 Å². The predicted molar refractivity (Wildman–Crippen MR) is 85.0 cm³/mol. The summed E-state index contributed by atoms with van der Waals surface area (Å²) in [5, 5.41) is 3.73. The van der Waals surface area contributed by atoms with Gasteiger partial charge in [0.2, 0.25) is 0 Å². The van der Waals surface area contributed by atoms with Crippen molar-refractivity contribution in [3.63, 3.8) is 0 Å². The van der Waals surface area contributed by atoms with Gasteiger partial charge in [0.1, 0.15) is 0 Å². The van der Waals surface area contributed by atoms with Gasteiger partial charge < -0.3 is 15.0 Å². The summed E-state index contributed by atoms with van der Waals surface area (Å²) >= 11 is 0. The standard InChI is InChI=1S/C17H34N2O/c1-15(2)10-18-13-17(7-4-5-8-17)14-19-9-6-16(11-19)12-20-3/h15-16,18H,4-14H2,1-3H3. The summed E-state index contributed by atoms with van der Waals surface area (Å²) in [6, 6.07) is 0. The molecule has 0 aromatic rings. The molecule has 0 aromatic carbocycles. The highest BCUT2D eigenvalue weighted by molar-refractivity contribution is 4.91. The van der Waals surface area contributed by atoms with E-state index in [9.17, 15) is 0 Å². The average Bonchev–Trinajstić information content (AvgIpc) is 3.00. The molecule has 1 aliphatic carbocycles. The van der Waals surface area contributed by atoms with Crippen molar-refractivity contribution in [1.82, 2.24) is 10.2 Å². The molecule has 1 aliphatic heterocycles. The second-order valence-electron chi connectivity index (χ2n) is 7.58. The molecule has 1 saturated heterocycles. The SMILES string of the molecule is COCC1CCN(CC2(CNCC(C)C)CCCC2)C1. The normalized spacial score (nSPS) is 26.7. The molecule has 0 radical (unpaired) electrons. The zero-order valence-corrected chi connectivity index (χ0v) is 13.8. The Morgan fingerprint density at radius 3 is 2.70 bits per heavy atom. The lowest BCUT2D eigenvalue weighted by atomic mass is 9.85. The third-order valence-electron chi connectivity index (χ3n) is 5.05. The van der Waals surface area contributed by atoms with Gasteiger partial charge in [-0.1, -0.05) is 26.7 Å². The van der Waals surface area contributed by atoms with Crippen LogP contribution in [0, 0.1) is 17.3 Å². The van der Waals surface area contributed by atoms with Crippen molar-refractivity contribution in [2.24, 2.45) is 17.3 Å². The number of ether oxygens (including phenoxy) is 1. The molecular formula is C17H34N2O. The van der Waals surface area contributed by atoms with Crippen molar-refractivity contribution in [3.05, 3.63) is 0 Å². The highest BCUT2D eigenvalue weighted by Crippen LogP contribution is 2.39. The van der Waals surface area contributed by atoms with Crippen LogP contribution < -0.4 is 5.32 Å². The Kier molecular flexibility index (Phi) is 6.31. The molecule has 1 saturated carbocycles. The van der Waals surface area contributed by atoms with Crippen molar-refractivity contribution in [1.29, 1.82) is 0 Å². The van der Waals surface area contributed by atoms with Crippen LogP contribution in [-0.4, -0.2) is 51.3 Å². The minimum Gasteiger partial charge on any atom is -0.384 e. The Hall–Kier alpha value is -0.120. The Morgan fingerprint density at radius 1 is 1.30 bits per heavy atom. The van der Waals surface area contributed by atoms with Crippen LogP contribution in [0.4, 0.5) is 0 Å². The molecule has 0 spiro atoms. The lowest BCUT2D eigenvalue weighted by Gasteiger charge is -2.34. The molecular weight excluding hydrogens is 248 g/mol. The van der Waals surface area contributed by atoms with Crippen LogP contribution in [-0.2, 0) is 4.74 Å². The summed E-state index contributed by atoms with van der Waals surface area (Å²) in [5.74, 6) is 1.52. The lowest BCUT2D eigenvalue weighted by Crippen LogP contribution is -2.42. The van der Waals surface area contributed by atoms with Crippen molar-refractivity contribution in [3.8, 4) is 0 Å². The van der Waals surface area contributed by atoms with E-state index < -0.39 is 0 Å². The minimum absolute atomic E-state index is 0.552. The maximum atomic E-state index is 5.32. The molecule has 1 unspecified atom stereocenters. The van der Waals surface area contributed by atoms with Crippen molar-refractivity contribution < 1.29 is 4.74 Å². The van der Waals surface area contributed by atoms with E-state index >= 15 is 0 Å². The highest BCUT2D eigenvalue weighted by Gasteiger charge is 2.37. The second kappa shape index (κ2) is 7.77. The van der Waals surface area contributed by atoms with Gasteiger partial charge in [-0.2, -0.15) is 0 Å². The van der Waals surface area contributed by atoms with E-state index in [0.717, 1.165) is 25.0 Å². The van der Waals surface area contributed by atoms with Crippen LogP contribution in [0.1, 0.15) is 46.0 Å². The third kappa shape index (κ3) is 4.71. The molecule has 3 nitrogen and oxygen atoms in total. The summed E-state index contributed by atoms with van der Waals surface area (Å²) in [6.45, 7) is 11.7. The maximum absolute atomic E-state index is 5.32. The molecule has 3 heteroatoms. The van der Waals surface area contributed by atoms with Crippen LogP contribution in [0.15, 0.2) is 0 Å². The van der Waals surface area contributed by atoms with Gasteiger partial charge in [-0.05, 0) is 49.6 Å². The van der Waals surface area contributed by atoms with E-state index in [1.807, 2.05) is 7.11 Å². The lowest BCUT2D eigenvalue weighted by molar-refractivity contribution is 0.137. The number of likely N-dealkylation sites (tertiary alicyclic amines) is 1. The number of rotatable bonds is 8. The van der Waals surface area contributed by atoms with Gasteiger partial charge in [0.15, 0.2) is 0 Å². The van der Waals surface area contributed by atoms with Crippen LogP contribution in [0.3, 0.4) is 0 Å². The Bertz CT molecular complexity index is 274. The minimum atomic E-state index is 0.552. The summed E-state index contributed by atoms with van der Waals surface area (Å²) in [5.41, 5.74) is 0.552. The molecule has 2 fully saturated rings. The largest absolute Gasteiger partial charge is 0.384 e. The average molecular weight is 282 g/mol. The number of hydrogen-bond donors (Lipinski definition) is 1. The number of nitrogens with zero attached hydrogens (tertiary/aromatic N) is 1. The van der Waals surface area contributed by atoms with Crippen molar-refractivity contribution >= 4 is 0 Å². The number of nitrogens with one attached hydrogen (secondary N) is 1. The van der Waals surface area contributed by atoms with Gasteiger partial charge in [0.05, 0.1) is 6.61 Å². The quantitative estimate of drug-likeness (QED) is 0.741. The second-order valence-corrected chi connectivity index (χ2v) is 7.58. The Balaban J connectivity index is 1.80. The summed E-state index contributed by atoms with van der Waals surface area (Å²) in [4.78, 5) is 2.70. The molecule has 1 N–H and O–H groups in total. The molecule has 2 aliphatic rings. The molecule has 2 rings (SSSR count). The summed E-state index contributed by atoms with van der Waals surface area (Å²) in [6.07, 6.45) is 7.02. The zero-order valence-electron chi connectivity index (χ0n) is 13.8. The van der Waals surface area contributed by atoms with Gasteiger partial charge in [0, 0.05) is 26.7 Å². The van der Waals surface area contributed by atoms with E-state index in [2.05, 4.69) is 24.1 Å². The molecule has 1 heterocycles. The highest BCUT2D eigenvalue weighted by atomic mass is 16.5. The van der Waals surface area contributed by atoms with Gasteiger partial charge in [-0.25, -0.2) is 0 Å². The van der Waals surface area contributed by atoms with Crippen LogP contribution in [0.5, 0.6) is 0 Å². The van der Waals surface area contributed by atoms with Gasteiger partial charge in [-0.15, -0.1) is 0 Å². The van der Waals surface area contributed by atoms with Gasteiger partial charge in [0.25, 0.3) is 0 Å². The van der Waals surface area contributed by atoms with Crippen molar-refractivity contribution in [2.45, 2.75) is 46.0 Å². The smallest absolute Gasteiger partial charge is 0.0503 e. The molecule has 0 bridgehead atoms. The van der Waals surface area contributed by atoms with Crippen molar-refractivity contribution in [2.75, 3.05) is 46.4 Å². The van der Waals surface area contributed by atoms with Gasteiger partial charge in [-0.3, -0.25) is 0 Å². The molecule has 1 atom stereocenters. The number of methoxy groups -OCH3 is 1. The fourth-order valence-corrected chi connectivity index (χ4v) is 4.04. The van der Waals surface area contributed by atoms with Crippen LogP contribution >= 0.6 is 0 Å². The Morgan fingerprint density at radius 2 is 2.05 bits per heavy atom. The molecule has 118 valence electrons. The zero-order chi connectivity index (χ0) is 14.4. The summed E-state index contributed by atoms with van der Waals surface area (Å²) in [7, 11) is 1.83. The molecule has 0 aromatic heterocycles. The molecule has 0 amide bonds. The van der Waals surface area contributed by atoms with E-state index in [0.29, 0.717) is 5.41 Å². The van der Waals surface area contributed by atoms with E-state index in [1.54, 1.807) is 0 Å². The van der Waals surface area contributed by atoms with E-state index in [4.69, 9.17) is 4.74 Å². The first-order valence-electron chi connectivity index (χ1n) is 8.55. The number of hydrogen-bond acceptors (Lipinski definition) is 3. The predicted octanol–water partition coefficient (Wildman–Crippen LogP) is 2.76. The third-order valence-corrected chi connectivity index (χ3v) is 5.05. The summed E-state index contributed by atoms with van der Waals surface area (Å²) < 4.78 is 5.32. The maximum Gasteiger partial charge on any atom is 0.0503 e. The fourth-order valence-electron chi connectivity index (χ4n) is 4.04. The first kappa shape index (κ1) is 16.3.